The Labute approximate surface area is 192 Å². The van der Waals surface area contributed by atoms with E-state index in [-0.39, 0.29) is 29.3 Å². The molecule has 5 nitrogen and oxygen atoms in total. The zero-order valence-corrected chi connectivity index (χ0v) is 18.9. The van der Waals surface area contributed by atoms with Gasteiger partial charge in [-0.05, 0) is 67.0 Å². The number of nitrogens with zero attached hydrogens (tertiary/aromatic N) is 1. The first-order valence-electron chi connectivity index (χ1n) is 11.4. The molecular formula is C26H29F2N3O2. The Balaban J connectivity index is 1.83. The van der Waals surface area contributed by atoms with Crippen molar-refractivity contribution in [3.05, 3.63) is 53.7 Å². The Bertz CT molecular complexity index is 1160. The number of pyridine rings is 1. The fourth-order valence-electron chi connectivity index (χ4n) is 4.42. The van der Waals surface area contributed by atoms with Gasteiger partial charge in [-0.1, -0.05) is 19.9 Å². The van der Waals surface area contributed by atoms with Gasteiger partial charge in [-0.3, -0.25) is 9.78 Å². The lowest BCUT2D eigenvalue weighted by atomic mass is 9.90. The number of aromatic nitrogens is 1. The molecule has 4 N–H and O–H groups in total. The second kappa shape index (κ2) is 9.43. The van der Waals surface area contributed by atoms with Crippen molar-refractivity contribution < 1.29 is 18.7 Å². The third-order valence-electron chi connectivity index (χ3n) is 6.23. The number of fused-ring (bicyclic) bond motifs is 1. The number of nitrogens with one attached hydrogen (secondary N) is 1. The average molecular weight is 454 g/mol. The normalized spacial score (nSPS) is 18.6. The van der Waals surface area contributed by atoms with Crippen molar-refractivity contribution in [3.63, 3.8) is 0 Å². The number of ketones is 1. The number of nitrogens with two attached hydrogens (primary N) is 1. The molecule has 1 saturated carbocycles. The van der Waals surface area contributed by atoms with Crippen LogP contribution in [0.3, 0.4) is 0 Å². The number of carbonyl (C=O) groups excluding carboxylic acids is 1. The molecule has 0 saturated heterocycles. The monoisotopic (exact) mass is 453 g/mol. The Morgan fingerprint density at radius 1 is 1.12 bits per heavy atom. The summed E-state index contributed by atoms with van der Waals surface area (Å²) >= 11 is 0. The predicted molar refractivity (Wildman–Crippen MR) is 126 cm³/mol. The quantitative estimate of drug-likeness (QED) is 0.411. The van der Waals surface area contributed by atoms with E-state index in [1.807, 2.05) is 13.8 Å². The van der Waals surface area contributed by atoms with Gasteiger partial charge in [0.25, 0.3) is 0 Å². The van der Waals surface area contributed by atoms with Crippen LogP contribution in [-0.4, -0.2) is 28.0 Å². The molecule has 1 fully saturated rings. The van der Waals surface area contributed by atoms with Crippen molar-refractivity contribution in [2.45, 2.75) is 58.0 Å². The molecule has 33 heavy (non-hydrogen) atoms. The van der Waals surface area contributed by atoms with E-state index < -0.39 is 17.4 Å². The van der Waals surface area contributed by atoms with Crippen LogP contribution in [0.25, 0.3) is 22.0 Å². The number of anilines is 1. The maximum absolute atomic E-state index is 14.0. The summed E-state index contributed by atoms with van der Waals surface area (Å²) in [6.45, 7) is 3.99. The molecule has 0 amide bonds. The van der Waals surface area contributed by atoms with E-state index in [2.05, 4.69) is 10.3 Å². The van der Waals surface area contributed by atoms with Crippen LogP contribution in [0.15, 0.2) is 36.5 Å². The van der Waals surface area contributed by atoms with E-state index in [0.717, 1.165) is 37.8 Å². The van der Waals surface area contributed by atoms with Crippen LogP contribution in [0.2, 0.25) is 0 Å². The molecule has 0 aliphatic heterocycles. The first-order chi connectivity index (χ1) is 15.7. The molecule has 1 heterocycles. The highest BCUT2D eigenvalue weighted by molar-refractivity contribution is 6.08. The van der Waals surface area contributed by atoms with Crippen molar-refractivity contribution in [3.8, 4) is 16.9 Å². The van der Waals surface area contributed by atoms with E-state index >= 15 is 0 Å². The van der Waals surface area contributed by atoms with Crippen molar-refractivity contribution in [1.82, 2.24) is 4.98 Å². The number of Topliss-reactive ketones (excluding diaryl/α,β-unsaturated/α-hetero) is 1. The Morgan fingerprint density at radius 3 is 2.42 bits per heavy atom. The lowest BCUT2D eigenvalue weighted by Gasteiger charge is -2.29. The minimum Gasteiger partial charge on any atom is -0.503 e. The molecular weight excluding hydrogens is 424 g/mol. The number of hydrogen-bond acceptors (Lipinski definition) is 5. The Kier molecular flexibility index (Phi) is 6.61. The SMILES string of the molecule is CC(C)CC(=O)c1cnc2ccc(-c3cc(F)c(O)c(F)c3)cc2c1N[C@H]1CC[C@H](N)CC1. The van der Waals surface area contributed by atoms with Crippen LogP contribution >= 0.6 is 0 Å². The highest BCUT2D eigenvalue weighted by Crippen LogP contribution is 2.35. The summed E-state index contributed by atoms with van der Waals surface area (Å²) in [5, 5.41) is 13.7. The molecule has 0 spiro atoms. The number of carbonyl (C=O) groups is 1. The zero-order chi connectivity index (χ0) is 23.7. The highest BCUT2D eigenvalue weighted by Gasteiger charge is 2.23. The first kappa shape index (κ1) is 23.1. The van der Waals surface area contributed by atoms with Gasteiger partial charge in [-0.15, -0.1) is 0 Å². The molecule has 2 aromatic carbocycles. The van der Waals surface area contributed by atoms with Gasteiger partial charge >= 0.3 is 0 Å². The fourth-order valence-corrected chi connectivity index (χ4v) is 4.42. The smallest absolute Gasteiger partial charge is 0.187 e. The van der Waals surface area contributed by atoms with E-state index in [1.54, 1.807) is 24.4 Å². The van der Waals surface area contributed by atoms with E-state index in [4.69, 9.17) is 5.73 Å². The topological polar surface area (TPSA) is 88.2 Å². The van der Waals surface area contributed by atoms with Gasteiger partial charge in [0.15, 0.2) is 23.2 Å². The summed E-state index contributed by atoms with van der Waals surface area (Å²) in [6.07, 6.45) is 5.63. The second-order valence-corrected chi connectivity index (χ2v) is 9.34. The van der Waals surface area contributed by atoms with E-state index in [0.29, 0.717) is 34.1 Å². The van der Waals surface area contributed by atoms with E-state index in [9.17, 15) is 18.7 Å². The number of phenolic OH excluding ortho intramolecular Hbond substituents is 1. The molecule has 1 aliphatic carbocycles. The average Bonchev–Trinajstić information content (AvgIpc) is 2.78. The molecule has 1 aromatic heterocycles. The summed E-state index contributed by atoms with van der Waals surface area (Å²) in [5.41, 5.74) is 8.81. The maximum Gasteiger partial charge on any atom is 0.187 e. The van der Waals surface area contributed by atoms with Crippen LogP contribution in [0.5, 0.6) is 5.75 Å². The number of benzene rings is 2. The van der Waals surface area contributed by atoms with Crippen molar-refractivity contribution in [2.24, 2.45) is 11.7 Å². The minimum atomic E-state index is -1.03. The third-order valence-corrected chi connectivity index (χ3v) is 6.23. The number of halogens is 2. The molecule has 1 aliphatic rings. The Morgan fingerprint density at radius 2 is 1.79 bits per heavy atom. The van der Waals surface area contributed by atoms with Gasteiger partial charge in [0.05, 0.1) is 16.8 Å². The van der Waals surface area contributed by atoms with Gasteiger partial charge in [-0.2, -0.15) is 0 Å². The van der Waals surface area contributed by atoms with Crippen molar-refractivity contribution >= 4 is 22.4 Å². The van der Waals surface area contributed by atoms with Gasteiger partial charge in [0, 0.05) is 30.1 Å². The van der Waals surface area contributed by atoms with Crippen LogP contribution in [0.4, 0.5) is 14.5 Å². The minimum absolute atomic E-state index is 0.00142. The van der Waals surface area contributed by atoms with Gasteiger partial charge in [-0.25, -0.2) is 8.78 Å². The number of rotatable bonds is 6. The van der Waals surface area contributed by atoms with Crippen LogP contribution in [0, 0.1) is 17.6 Å². The molecule has 7 heteroatoms. The van der Waals surface area contributed by atoms with Crippen LogP contribution < -0.4 is 11.1 Å². The number of aromatic hydroxyl groups is 1. The molecule has 0 unspecified atom stereocenters. The molecule has 4 rings (SSSR count). The third kappa shape index (κ3) is 4.98. The standard InChI is InChI=1S/C26H29F2N3O2/c1-14(2)9-24(32)20-13-30-23-8-3-15(16-11-21(27)26(33)22(28)12-16)10-19(23)25(20)31-18-6-4-17(29)5-7-18/h3,8,10-14,17-18,33H,4-7,9,29H2,1-2H3,(H,30,31)/t17-,18-. The maximum atomic E-state index is 14.0. The summed E-state index contributed by atoms with van der Waals surface area (Å²) in [7, 11) is 0. The number of phenols is 1. The molecule has 0 bridgehead atoms. The largest absolute Gasteiger partial charge is 0.503 e. The zero-order valence-electron chi connectivity index (χ0n) is 18.9. The van der Waals surface area contributed by atoms with Crippen molar-refractivity contribution in [2.75, 3.05) is 5.32 Å². The predicted octanol–water partition coefficient (Wildman–Crippen LogP) is 5.80. The van der Waals surface area contributed by atoms with Gasteiger partial charge in [0.2, 0.25) is 0 Å². The second-order valence-electron chi connectivity index (χ2n) is 9.34. The molecule has 0 radical (unpaired) electrons. The van der Waals surface area contributed by atoms with E-state index in [1.165, 1.54) is 0 Å². The molecule has 174 valence electrons. The first-order valence-corrected chi connectivity index (χ1v) is 11.4. The van der Waals surface area contributed by atoms with Crippen LogP contribution in [0.1, 0.15) is 56.3 Å². The summed E-state index contributed by atoms with van der Waals surface area (Å²) < 4.78 is 28.0. The fraction of sp³-hybridized carbons (Fsp3) is 0.385. The van der Waals surface area contributed by atoms with Crippen LogP contribution in [-0.2, 0) is 0 Å². The lowest BCUT2D eigenvalue weighted by molar-refractivity contribution is 0.0968. The summed E-state index contributed by atoms with van der Waals surface area (Å²) in [6, 6.07) is 7.84. The highest BCUT2D eigenvalue weighted by atomic mass is 19.1. The van der Waals surface area contributed by atoms with Gasteiger partial charge < -0.3 is 16.2 Å². The number of hydrogen-bond donors (Lipinski definition) is 3. The molecule has 3 aromatic rings. The summed E-state index contributed by atoms with van der Waals surface area (Å²) in [4.78, 5) is 17.6. The molecule has 0 atom stereocenters. The van der Waals surface area contributed by atoms with Gasteiger partial charge in [0.1, 0.15) is 0 Å². The Hall–Kier alpha value is -3.06. The van der Waals surface area contributed by atoms with Crippen molar-refractivity contribution in [1.29, 1.82) is 0 Å². The summed E-state index contributed by atoms with van der Waals surface area (Å²) in [5.74, 6) is -2.85. The lowest BCUT2D eigenvalue weighted by Crippen LogP contribution is -2.33.